The number of aryl methyl sites for hydroxylation is 1. The highest BCUT2D eigenvalue weighted by atomic mass is 16.5. The Balaban J connectivity index is 1.69. The lowest BCUT2D eigenvalue weighted by Crippen LogP contribution is -2.41. The smallest absolute Gasteiger partial charge is 0.260 e. The number of rotatable bonds is 1. The van der Waals surface area contributed by atoms with Gasteiger partial charge in [-0.05, 0) is 54.2 Å². The molecule has 2 aliphatic rings. The average Bonchev–Trinajstić information content (AvgIpc) is 2.66. The summed E-state index contributed by atoms with van der Waals surface area (Å²) in [5.41, 5.74) is 4.80. The summed E-state index contributed by atoms with van der Waals surface area (Å²) in [5, 5.41) is 9.08. The molecule has 1 amide bonds. The van der Waals surface area contributed by atoms with Crippen molar-refractivity contribution < 1.29 is 9.53 Å². The van der Waals surface area contributed by atoms with E-state index < -0.39 is 6.10 Å². The Labute approximate surface area is 141 Å². The highest BCUT2D eigenvalue weighted by molar-refractivity contribution is 5.98. The van der Waals surface area contributed by atoms with E-state index in [-0.39, 0.29) is 5.91 Å². The first kappa shape index (κ1) is 14.9. The molecule has 4 heteroatoms. The first-order valence-electron chi connectivity index (χ1n) is 8.32. The molecular weight excluding hydrogens is 300 g/mol. The molecule has 2 heterocycles. The molecule has 120 valence electrons. The molecular formula is C20H18N2O2. The third kappa shape index (κ3) is 2.47. The predicted molar refractivity (Wildman–Crippen MR) is 90.7 cm³/mol. The van der Waals surface area contributed by atoms with Gasteiger partial charge in [-0.3, -0.25) is 4.79 Å². The van der Waals surface area contributed by atoms with Crippen molar-refractivity contribution in [2.45, 2.75) is 25.4 Å². The summed E-state index contributed by atoms with van der Waals surface area (Å²) >= 11 is 0. The summed E-state index contributed by atoms with van der Waals surface area (Å²) in [6.45, 7) is 1.27. The predicted octanol–water partition coefficient (Wildman–Crippen LogP) is 3.15. The first-order valence-corrected chi connectivity index (χ1v) is 8.32. The maximum absolute atomic E-state index is 13.2. The number of hydrogen-bond acceptors (Lipinski definition) is 3. The van der Waals surface area contributed by atoms with Crippen LogP contribution in [0.2, 0.25) is 0 Å². The van der Waals surface area contributed by atoms with E-state index in [1.807, 2.05) is 35.2 Å². The van der Waals surface area contributed by atoms with Gasteiger partial charge in [0.15, 0.2) is 6.10 Å². The molecule has 0 aromatic heterocycles. The number of benzene rings is 2. The molecule has 4 nitrogen and oxygen atoms in total. The standard InChI is InChI=1S/C20H18N2O2/c21-13-14-7-8-18-16(12-14)5-3-10-22(18)20(23)19-17-6-2-1-4-15(17)9-11-24-19/h1-2,4,6-8,12,19H,3,5,9-11H2. The second-order valence-corrected chi connectivity index (χ2v) is 6.25. The number of fused-ring (bicyclic) bond motifs is 2. The van der Waals surface area contributed by atoms with Crippen molar-refractivity contribution in [1.29, 1.82) is 5.26 Å². The van der Waals surface area contributed by atoms with Crippen LogP contribution in [0.1, 0.15) is 34.8 Å². The van der Waals surface area contributed by atoms with Gasteiger partial charge < -0.3 is 9.64 Å². The second-order valence-electron chi connectivity index (χ2n) is 6.25. The van der Waals surface area contributed by atoms with Crippen LogP contribution in [0.5, 0.6) is 0 Å². The van der Waals surface area contributed by atoms with Crippen LogP contribution in [-0.2, 0) is 22.4 Å². The fourth-order valence-corrected chi connectivity index (χ4v) is 3.64. The average molecular weight is 318 g/mol. The Morgan fingerprint density at radius 3 is 2.92 bits per heavy atom. The Bertz CT molecular complexity index is 838. The molecule has 2 aromatic carbocycles. The molecule has 0 saturated heterocycles. The van der Waals surface area contributed by atoms with Crippen molar-refractivity contribution in [1.82, 2.24) is 0 Å². The van der Waals surface area contributed by atoms with Gasteiger partial charge in [0, 0.05) is 12.2 Å². The Morgan fingerprint density at radius 1 is 1.17 bits per heavy atom. The number of hydrogen-bond donors (Lipinski definition) is 0. The van der Waals surface area contributed by atoms with E-state index in [2.05, 4.69) is 12.1 Å². The van der Waals surface area contributed by atoms with Crippen molar-refractivity contribution >= 4 is 11.6 Å². The molecule has 1 unspecified atom stereocenters. The van der Waals surface area contributed by atoms with Gasteiger partial charge in [0.1, 0.15) is 0 Å². The Morgan fingerprint density at radius 2 is 2.04 bits per heavy atom. The Hall–Kier alpha value is -2.64. The van der Waals surface area contributed by atoms with E-state index in [0.29, 0.717) is 18.7 Å². The number of nitrogens with zero attached hydrogens (tertiary/aromatic N) is 2. The van der Waals surface area contributed by atoms with Crippen LogP contribution in [0.3, 0.4) is 0 Å². The summed E-state index contributed by atoms with van der Waals surface area (Å²) < 4.78 is 5.84. The highest BCUT2D eigenvalue weighted by Crippen LogP contribution is 2.34. The summed E-state index contributed by atoms with van der Waals surface area (Å²) in [6.07, 6.45) is 2.12. The highest BCUT2D eigenvalue weighted by Gasteiger charge is 2.33. The molecule has 1 atom stereocenters. The zero-order valence-corrected chi connectivity index (χ0v) is 13.4. The van der Waals surface area contributed by atoms with Crippen LogP contribution in [0.15, 0.2) is 42.5 Å². The molecule has 2 aliphatic heterocycles. The largest absolute Gasteiger partial charge is 0.363 e. The lowest BCUT2D eigenvalue weighted by Gasteiger charge is -2.34. The first-order chi connectivity index (χ1) is 11.8. The van der Waals surface area contributed by atoms with Gasteiger partial charge in [-0.25, -0.2) is 0 Å². The zero-order chi connectivity index (χ0) is 16.5. The quantitative estimate of drug-likeness (QED) is 0.811. The number of amides is 1. The maximum Gasteiger partial charge on any atom is 0.260 e. The minimum atomic E-state index is -0.531. The topological polar surface area (TPSA) is 53.3 Å². The third-order valence-corrected chi connectivity index (χ3v) is 4.81. The molecule has 0 aliphatic carbocycles. The van der Waals surface area contributed by atoms with Gasteiger partial charge in [-0.1, -0.05) is 24.3 Å². The van der Waals surface area contributed by atoms with Crippen molar-refractivity contribution in [3.05, 3.63) is 64.7 Å². The van der Waals surface area contributed by atoms with Crippen molar-refractivity contribution in [2.24, 2.45) is 0 Å². The minimum absolute atomic E-state index is 0.00666. The van der Waals surface area contributed by atoms with E-state index in [1.165, 1.54) is 5.56 Å². The number of carbonyl (C=O) groups is 1. The van der Waals surface area contributed by atoms with E-state index in [4.69, 9.17) is 10.00 Å². The molecule has 4 rings (SSSR count). The van der Waals surface area contributed by atoms with Crippen LogP contribution in [0.25, 0.3) is 0 Å². The molecule has 2 aromatic rings. The van der Waals surface area contributed by atoms with Gasteiger partial charge in [-0.2, -0.15) is 5.26 Å². The monoisotopic (exact) mass is 318 g/mol. The number of nitriles is 1. The molecule has 0 bridgehead atoms. The van der Waals surface area contributed by atoms with Gasteiger partial charge in [0.05, 0.1) is 18.2 Å². The molecule has 0 spiro atoms. The number of anilines is 1. The van der Waals surface area contributed by atoms with Gasteiger partial charge in [0.25, 0.3) is 5.91 Å². The van der Waals surface area contributed by atoms with Gasteiger partial charge in [-0.15, -0.1) is 0 Å². The molecule has 0 fully saturated rings. The van der Waals surface area contributed by atoms with Gasteiger partial charge >= 0.3 is 0 Å². The van der Waals surface area contributed by atoms with Crippen LogP contribution in [0, 0.1) is 11.3 Å². The van der Waals surface area contributed by atoms with Crippen molar-refractivity contribution in [3.8, 4) is 6.07 Å². The van der Waals surface area contributed by atoms with Crippen LogP contribution in [0.4, 0.5) is 5.69 Å². The number of carbonyl (C=O) groups excluding carboxylic acids is 1. The van der Waals surface area contributed by atoms with Crippen LogP contribution < -0.4 is 4.90 Å². The van der Waals surface area contributed by atoms with E-state index >= 15 is 0 Å². The van der Waals surface area contributed by atoms with Crippen molar-refractivity contribution in [2.75, 3.05) is 18.1 Å². The molecule has 0 N–H and O–H groups in total. The molecule has 0 saturated carbocycles. The SMILES string of the molecule is N#Cc1ccc2c(c1)CCCN2C(=O)C1OCCc2ccccc21. The summed E-state index contributed by atoms with van der Waals surface area (Å²) in [4.78, 5) is 15.0. The zero-order valence-electron chi connectivity index (χ0n) is 13.4. The lowest BCUT2D eigenvalue weighted by molar-refractivity contribution is -0.131. The maximum atomic E-state index is 13.2. The van der Waals surface area contributed by atoms with Crippen LogP contribution >= 0.6 is 0 Å². The van der Waals surface area contributed by atoms with E-state index in [9.17, 15) is 4.79 Å². The summed E-state index contributed by atoms with van der Waals surface area (Å²) in [6, 6.07) is 15.7. The molecule has 0 radical (unpaired) electrons. The van der Waals surface area contributed by atoms with E-state index in [0.717, 1.165) is 36.1 Å². The second kappa shape index (κ2) is 6.10. The summed E-state index contributed by atoms with van der Waals surface area (Å²) in [5.74, 6) is -0.00666. The van der Waals surface area contributed by atoms with Gasteiger partial charge in [0.2, 0.25) is 0 Å². The third-order valence-electron chi connectivity index (χ3n) is 4.81. The number of ether oxygens (including phenoxy) is 1. The normalized spacial score (nSPS) is 19.1. The minimum Gasteiger partial charge on any atom is -0.363 e. The van der Waals surface area contributed by atoms with E-state index in [1.54, 1.807) is 6.07 Å². The Kier molecular flexibility index (Phi) is 3.79. The summed E-state index contributed by atoms with van der Waals surface area (Å²) in [7, 11) is 0. The fraction of sp³-hybridized carbons (Fsp3) is 0.300. The lowest BCUT2D eigenvalue weighted by atomic mass is 9.94. The van der Waals surface area contributed by atoms with Crippen molar-refractivity contribution in [3.63, 3.8) is 0 Å². The fourth-order valence-electron chi connectivity index (χ4n) is 3.64. The molecule has 24 heavy (non-hydrogen) atoms. The van der Waals surface area contributed by atoms with Crippen LogP contribution in [-0.4, -0.2) is 19.1 Å².